The van der Waals surface area contributed by atoms with Gasteiger partial charge in [-0.3, -0.25) is 4.79 Å². The average molecular weight is 364 g/mol. The van der Waals surface area contributed by atoms with Gasteiger partial charge < -0.3 is 20.1 Å². The lowest BCUT2D eigenvalue weighted by atomic mass is 10.2. The zero-order valence-corrected chi connectivity index (χ0v) is 14.9. The van der Waals surface area contributed by atoms with Gasteiger partial charge in [0.2, 0.25) is 0 Å². The minimum atomic E-state index is -0.366. The lowest BCUT2D eigenvalue weighted by Gasteiger charge is -2.12. The minimum Gasteiger partial charge on any atom is -0.455 e. The maximum absolute atomic E-state index is 12.5. The molecule has 0 aliphatic carbocycles. The molecule has 2 aromatic carbocycles. The fourth-order valence-electron chi connectivity index (χ4n) is 2.29. The van der Waals surface area contributed by atoms with E-state index in [0.717, 1.165) is 0 Å². The van der Waals surface area contributed by atoms with Gasteiger partial charge in [0.1, 0.15) is 11.6 Å². The fourth-order valence-corrected chi connectivity index (χ4v) is 2.29. The molecule has 0 fully saturated rings. The van der Waals surface area contributed by atoms with Crippen LogP contribution in [0.5, 0.6) is 11.5 Å². The Hall–Kier alpha value is -3.45. The Morgan fingerprint density at radius 1 is 0.963 bits per heavy atom. The Balaban J connectivity index is 1.67. The molecule has 1 aromatic heterocycles. The van der Waals surface area contributed by atoms with Gasteiger partial charge in [0.15, 0.2) is 11.4 Å². The fraction of sp³-hybridized carbons (Fsp3) is 0.150. The Morgan fingerprint density at radius 2 is 1.74 bits per heavy atom. The van der Waals surface area contributed by atoms with Crippen LogP contribution in [0.2, 0.25) is 0 Å². The maximum atomic E-state index is 12.5. The molecule has 0 bridgehead atoms. The first-order chi connectivity index (χ1) is 13.3. The molecule has 2 N–H and O–H groups in total. The molecule has 1 amide bonds. The van der Waals surface area contributed by atoms with Crippen molar-refractivity contribution in [2.75, 3.05) is 30.9 Å². The van der Waals surface area contributed by atoms with Crippen molar-refractivity contribution in [3.05, 3.63) is 72.4 Å². The number of amides is 1. The number of aromatic nitrogens is 2. The quantitative estimate of drug-likeness (QED) is 0.594. The van der Waals surface area contributed by atoms with Gasteiger partial charge in [0, 0.05) is 13.7 Å². The first-order valence-corrected chi connectivity index (χ1v) is 8.46. The Bertz CT molecular complexity index is 870. The molecular formula is C20H20N4O3. The number of carbonyl (C=O) groups is 1. The van der Waals surface area contributed by atoms with Crippen molar-refractivity contribution < 1.29 is 14.3 Å². The topological polar surface area (TPSA) is 85.4 Å². The van der Waals surface area contributed by atoms with Crippen LogP contribution in [-0.4, -0.2) is 36.4 Å². The number of anilines is 2. The minimum absolute atomic E-state index is 0.210. The van der Waals surface area contributed by atoms with Crippen LogP contribution < -0.4 is 15.4 Å². The van der Waals surface area contributed by atoms with Crippen LogP contribution in [0.25, 0.3) is 0 Å². The van der Waals surface area contributed by atoms with Crippen molar-refractivity contribution in [1.29, 1.82) is 0 Å². The highest BCUT2D eigenvalue weighted by molar-refractivity contribution is 6.03. The van der Waals surface area contributed by atoms with E-state index in [1.54, 1.807) is 31.4 Å². The lowest BCUT2D eigenvalue weighted by Crippen LogP contribution is -2.16. The van der Waals surface area contributed by atoms with E-state index in [2.05, 4.69) is 20.8 Å². The molecule has 0 saturated heterocycles. The molecule has 0 aliphatic rings. The number of ether oxygens (including phenoxy) is 2. The van der Waals surface area contributed by atoms with Crippen LogP contribution in [0.1, 0.15) is 10.5 Å². The van der Waals surface area contributed by atoms with Gasteiger partial charge in [-0.2, -0.15) is 0 Å². The molecule has 1 heterocycles. The van der Waals surface area contributed by atoms with E-state index in [-0.39, 0.29) is 11.6 Å². The second-order valence-electron chi connectivity index (χ2n) is 5.59. The van der Waals surface area contributed by atoms with Crippen molar-refractivity contribution in [3.63, 3.8) is 0 Å². The number of para-hydroxylation sites is 3. The van der Waals surface area contributed by atoms with Gasteiger partial charge in [-0.25, -0.2) is 0 Å². The summed E-state index contributed by atoms with van der Waals surface area (Å²) < 4.78 is 10.8. The number of rotatable bonds is 8. The summed E-state index contributed by atoms with van der Waals surface area (Å²) in [5, 5.41) is 13.8. The third-order valence-corrected chi connectivity index (χ3v) is 3.62. The van der Waals surface area contributed by atoms with Crippen molar-refractivity contribution in [2.45, 2.75) is 0 Å². The molecule has 0 spiro atoms. The van der Waals surface area contributed by atoms with E-state index in [9.17, 15) is 4.79 Å². The summed E-state index contributed by atoms with van der Waals surface area (Å²) in [6.45, 7) is 1.17. The molecule has 0 atom stereocenters. The van der Waals surface area contributed by atoms with Crippen LogP contribution in [0.15, 0.2) is 66.7 Å². The monoisotopic (exact) mass is 364 g/mol. The molecular weight excluding hydrogens is 344 g/mol. The predicted molar refractivity (Wildman–Crippen MR) is 103 cm³/mol. The first kappa shape index (κ1) is 18.3. The van der Waals surface area contributed by atoms with E-state index < -0.39 is 0 Å². The second kappa shape index (κ2) is 9.30. The van der Waals surface area contributed by atoms with E-state index in [0.29, 0.717) is 36.2 Å². The molecule has 7 heteroatoms. The Kier molecular flexibility index (Phi) is 6.32. The molecule has 27 heavy (non-hydrogen) atoms. The van der Waals surface area contributed by atoms with Gasteiger partial charge in [0.05, 0.1) is 12.3 Å². The highest BCUT2D eigenvalue weighted by Gasteiger charge is 2.12. The SMILES string of the molecule is COCCNc1ccc(C(=O)Nc2ccccc2Oc2ccccc2)nn1. The average Bonchev–Trinajstić information content (AvgIpc) is 2.71. The standard InChI is InChI=1S/C20H20N4O3/c1-26-14-13-21-19-12-11-17(23-24-19)20(25)22-16-9-5-6-10-18(16)27-15-7-3-2-4-8-15/h2-12H,13-14H2,1H3,(H,21,24)(H,22,25). The van der Waals surface area contributed by atoms with Gasteiger partial charge >= 0.3 is 0 Å². The van der Waals surface area contributed by atoms with Gasteiger partial charge in [0.25, 0.3) is 5.91 Å². The highest BCUT2D eigenvalue weighted by atomic mass is 16.5. The zero-order valence-electron chi connectivity index (χ0n) is 14.9. The van der Waals surface area contributed by atoms with Crippen LogP contribution in [0, 0.1) is 0 Å². The summed E-state index contributed by atoms with van der Waals surface area (Å²) in [7, 11) is 1.63. The second-order valence-corrected chi connectivity index (χ2v) is 5.59. The van der Waals surface area contributed by atoms with Crippen molar-refractivity contribution in [1.82, 2.24) is 10.2 Å². The van der Waals surface area contributed by atoms with E-state index in [1.807, 2.05) is 42.5 Å². The van der Waals surface area contributed by atoms with Gasteiger partial charge in [-0.05, 0) is 36.4 Å². The summed E-state index contributed by atoms with van der Waals surface area (Å²) in [6.07, 6.45) is 0. The molecule has 0 radical (unpaired) electrons. The largest absolute Gasteiger partial charge is 0.455 e. The van der Waals surface area contributed by atoms with Gasteiger partial charge in [-0.1, -0.05) is 30.3 Å². The van der Waals surface area contributed by atoms with Crippen molar-refractivity contribution in [2.24, 2.45) is 0 Å². The number of benzene rings is 2. The summed E-state index contributed by atoms with van der Waals surface area (Å²) in [6, 6.07) is 19.9. The highest BCUT2D eigenvalue weighted by Crippen LogP contribution is 2.29. The maximum Gasteiger partial charge on any atom is 0.276 e. The predicted octanol–water partition coefficient (Wildman–Crippen LogP) is 3.58. The number of hydrogen-bond donors (Lipinski definition) is 2. The van der Waals surface area contributed by atoms with E-state index in [4.69, 9.17) is 9.47 Å². The molecule has 7 nitrogen and oxygen atoms in total. The van der Waals surface area contributed by atoms with Crippen LogP contribution in [-0.2, 0) is 4.74 Å². The van der Waals surface area contributed by atoms with Crippen LogP contribution in [0.3, 0.4) is 0 Å². The number of methoxy groups -OCH3 is 1. The number of carbonyl (C=O) groups excluding carboxylic acids is 1. The first-order valence-electron chi connectivity index (χ1n) is 8.46. The third-order valence-electron chi connectivity index (χ3n) is 3.62. The number of hydrogen-bond acceptors (Lipinski definition) is 6. The third kappa shape index (κ3) is 5.26. The normalized spacial score (nSPS) is 10.3. The molecule has 0 unspecified atom stereocenters. The molecule has 0 saturated carbocycles. The number of nitrogens with one attached hydrogen (secondary N) is 2. The Morgan fingerprint density at radius 3 is 2.48 bits per heavy atom. The summed E-state index contributed by atoms with van der Waals surface area (Å²) in [5.74, 6) is 1.44. The smallest absolute Gasteiger partial charge is 0.276 e. The molecule has 3 aromatic rings. The van der Waals surface area contributed by atoms with Crippen molar-refractivity contribution in [3.8, 4) is 11.5 Å². The molecule has 138 valence electrons. The van der Waals surface area contributed by atoms with Crippen molar-refractivity contribution >= 4 is 17.4 Å². The summed E-state index contributed by atoms with van der Waals surface area (Å²) in [4.78, 5) is 12.5. The Labute approximate surface area is 157 Å². The van der Waals surface area contributed by atoms with Crippen LogP contribution in [0.4, 0.5) is 11.5 Å². The van der Waals surface area contributed by atoms with E-state index in [1.165, 1.54) is 0 Å². The van der Waals surface area contributed by atoms with Gasteiger partial charge in [-0.15, -0.1) is 10.2 Å². The zero-order chi connectivity index (χ0) is 18.9. The molecule has 3 rings (SSSR count). The molecule has 0 aliphatic heterocycles. The van der Waals surface area contributed by atoms with E-state index >= 15 is 0 Å². The number of nitrogens with zero attached hydrogens (tertiary/aromatic N) is 2. The van der Waals surface area contributed by atoms with Crippen LogP contribution >= 0.6 is 0 Å². The lowest BCUT2D eigenvalue weighted by molar-refractivity contribution is 0.102. The summed E-state index contributed by atoms with van der Waals surface area (Å²) >= 11 is 0. The summed E-state index contributed by atoms with van der Waals surface area (Å²) in [5.41, 5.74) is 0.761.